The third-order valence-corrected chi connectivity index (χ3v) is 1.38. The Morgan fingerprint density at radius 2 is 2.00 bits per heavy atom. The molecule has 0 atom stereocenters. The molecule has 9 heavy (non-hydrogen) atoms. The Hall–Kier alpha value is -0.585. The second-order valence-electron chi connectivity index (χ2n) is 2.24. The summed E-state index contributed by atoms with van der Waals surface area (Å²) in [6, 6.07) is 4.34. The summed E-state index contributed by atoms with van der Waals surface area (Å²) in [7, 11) is 0. The molecule has 1 aromatic heterocycles. The fourth-order valence-corrected chi connectivity index (χ4v) is 0.933. The van der Waals surface area contributed by atoms with Gasteiger partial charge >= 0.3 is 56.3 Å². The van der Waals surface area contributed by atoms with Crippen molar-refractivity contribution in [1.29, 1.82) is 0 Å². The van der Waals surface area contributed by atoms with E-state index in [1.807, 2.05) is 0 Å². The van der Waals surface area contributed by atoms with Gasteiger partial charge in [-0.3, -0.25) is 0 Å². The summed E-state index contributed by atoms with van der Waals surface area (Å²) < 4.78 is 0. The quantitative estimate of drug-likeness (QED) is 0.556. The molecule has 0 fully saturated rings. The van der Waals surface area contributed by atoms with E-state index >= 15 is 0 Å². The van der Waals surface area contributed by atoms with Crippen LogP contribution in [0.25, 0.3) is 0 Å². The third kappa shape index (κ3) is 2.00. The normalized spacial score (nSPS) is 9.00. The first-order valence-corrected chi connectivity index (χ1v) is 3.47. The minimum absolute atomic E-state index is 1.21. The molecule has 0 nitrogen and oxygen atoms in total. The molecular formula is C8H11B. The van der Waals surface area contributed by atoms with Crippen LogP contribution in [0.4, 0.5) is 0 Å². The number of hydrogen-bond acceptors (Lipinski definition) is 0. The van der Waals surface area contributed by atoms with Crippen LogP contribution in [0.15, 0.2) is 24.1 Å². The summed E-state index contributed by atoms with van der Waals surface area (Å²) in [5, 5.41) is 0. The monoisotopic (exact) mass is 118 g/mol. The zero-order valence-corrected chi connectivity index (χ0v) is 5.80. The van der Waals surface area contributed by atoms with Gasteiger partial charge in [-0.25, -0.2) is 0 Å². The average molecular weight is 118 g/mol. The molecule has 1 heteroatoms. The molecule has 0 aliphatic carbocycles. The molecule has 46 valence electrons. The van der Waals surface area contributed by atoms with Crippen LogP contribution in [-0.4, -0.2) is 6.91 Å². The van der Waals surface area contributed by atoms with Crippen molar-refractivity contribution in [3.63, 3.8) is 0 Å². The van der Waals surface area contributed by atoms with Crippen LogP contribution in [0.2, 0.25) is 0 Å². The standard InChI is InChI=1S/C8H11B/c1-2-3-8-4-6-9-7-5-8/h4-7H,2-3H2,1H3. The van der Waals surface area contributed by atoms with Gasteiger partial charge in [0.15, 0.2) is 0 Å². The molecule has 0 radical (unpaired) electrons. The molecule has 1 rings (SSSR count). The van der Waals surface area contributed by atoms with Crippen molar-refractivity contribution in [1.82, 2.24) is 0 Å². The van der Waals surface area contributed by atoms with E-state index in [4.69, 9.17) is 0 Å². The third-order valence-electron chi connectivity index (χ3n) is 1.38. The minimum atomic E-state index is 1.21. The Morgan fingerprint density at radius 1 is 1.33 bits per heavy atom. The molecule has 0 spiro atoms. The van der Waals surface area contributed by atoms with Gasteiger partial charge in [-0.05, 0) is 0 Å². The van der Waals surface area contributed by atoms with Crippen LogP contribution in [0, 0.1) is 0 Å². The zero-order valence-electron chi connectivity index (χ0n) is 5.80. The van der Waals surface area contributed by atoms with E-state index in [-0.39, 0.29) is 0 Å². The summed E-state index contributed by atoms with van der Waals surface area (Å²) in [6.45, 7) is 4.26. The molecular weight excluding hydrogens is 107 g/mol. The van der Waals surface area contributed by atoms with Crippen molar-refractivity contribution in [2.24, 2.45) is 0 Å². The van der Waals surface area contributed by atoms with Crippen molar-refractivity contribution < 1.29 is 0 Å². The van der Waals surface area contributed by atoms with Crippen molar-refractivity contribution >= 4 is 6.91 Å². The first-order chi connectivity index (χ1) is 4.43. The number of hydrogen-bond donors (Lipinski definition) is 0. The van der Waals surface area contributed by atoms with Crippen LogP contribution in [-0.2, 0) is 6.42 Å². The maximum absolute atomic E-state index is 2.20. The van der Waals surface area contributed by atoms with Crippen molar-refractivity contribution in [2.45, 2.75) is 19.8 Å². The SMILES string of the molecule is CCCc1ccbcc1. The van der Waals surface area contributed by atoms with E-state index in [0.717, 1.165) is 0 Å². The van der Waals surface area contributed by atoms with Gasteiger partial charge in [-0.15, -0.1) is 0 Å². The summed E-state index contributed by atoms with van der Waals surface area (Å²) in [4.78, 5) is 0. The molecule has 1 heterocycles. The van der Waals surface area contributed by atoms with Crippen LogP contribution in [0.3, 0.4) is 0 Å². The molecule has 0 unspecified atom stereocenters. The summed E-state index contributed by atoms with van der Waals surface area (Å²) in [5.74, 6) is 4.18. The van der Waals surface area contributed by atoms with Gasteiger partial charge < -0.3 is 0 Å². The van der Waals surface area contributed by atoms with Gasteiger partial charge in [0.25, 0.3) is 0 Å². The van der Waals surface area contributed by atoms with Gasteiger partial charge in [0.05, 0.1) is 0 Å². The Balaban J connectivity index is 2.61. The molecule has 0 aromatic carbocycles. The molecule has 0 saturated carbocycles. The molecule has 0 aliphatic heterocycles. The first-order valence-electron chi connectivity index (χ1n) is 3.47. The van der Waals surface area contributed by atoms with E-state index in [9.17, 15) is 0 Å². The van der Waals surface area contributed by atoms with Gasteiger partial charge in [0.2, 0.25) is 0 Å². The van der Waals surface area contributed by atoms with Crippen LogP contribution < -0.4 is 0 Å². The van der Waals surface area contributed by atoms with Crippen LogP contribution >= 0.6 is 0 Å². The predicted octanol–water partition coefficient (Wildman–Crippen LogP) is 1.98. The molecule has 0 bridgehead atoms. The van der Waals surface area contributed by atoms with Gasteiger partial charge in [0.1, 0.15) is 0 Å². The van der Waals surface area contributed by atoms with Crippen molar-refractivity contribution in [2.75, 3.05) is 0 Å². The van der Waals surface area contributed by atoms with E-state index in [1.54, 1.807) is 0 Å². The van der Waals surface area contributed by atoms with Crippen LogP contribution in [0.5, 0.6) is 0 Å². The van der Waals surface area contributed by atoms with Gasteiger partial charge in [-0.2, -0.15) is 0 Å². The molecule has 0 aliphatic rings. The molecule has 0 N–H and O–H groups in total. The summed E-state index contributed by atoms with van der Waals surface area (Å²) in [6.07, 6.45) is 2.45. The van der Waals surface area contributed by atoms with Crippen LogP contribution in [0.1, 0.15) is 18.9 Å². The Morgan fingerprint density at radius 3 is 2.56 bits per heavy atom. The zero-order chi connectivity index (χ0) is 6.53. The number of rotatable bonds is 2. The van der Waals surface area contributed by atoms with Gasteiger partial charge in [-0.1, -0.05) is 0 Å². The topological polar surface area (TPSA) is 0 Å². The van der Waals surface area contributed by atoms with E-state index in [0.29, 0.717) is 0 Å². The summed E-state index contributed by atoms with van der Waals surface area (Å²) >= 11 is 0. The second kappa shape index (κ2) is 3.44. The average Bonchev–Trinajstić information content (AvgIpc) is 1.91. The fourth-order valence-electron chi connectivity index (χ4n) is 0.933. The maximum atomic E-state index is 2.20. The number of aryl methyl sites for hydroxylation is 1. The molecule has 0 saturated heterocycles. The molecule has 1 aromatic rings. The van der Waals surface area contributed by atoms with Crippen molar-refractivity contribution in [3.8, 4) is 0 Å². The van der Waals surface area contributed by atoms with E-state index < -0.39 is 0 Å². The Labute approximate surface area is 57.1 Å². The predicted molar refractivity (Wildman–Crippen MR) is 41.8 cm³/mol. The van der Waals surface area contributed by atoms with Gasteiger partial charge in [0, 0.05) is 0 Å². The second-order valence-corrected chi connectivity index (χ2v) is 2.24. The first kappa shape index (κ1) is 6.53. The Bertz CT molecular complexity index is 157. The van der Waals surface area contributed by atoms with E-state index in [2.05, 4.69) is 37.9 Å². The van der Waals surface area contributed by atoms with Crippen molar-refractivity contribution in [3.05, 3.63) is 29.6 Å². The molecule has 0 amide bonds. The fraction of sp³-hybridized carbons (Fsp3) is 0.375. The van der Waals surface area contributed by atoms with E-state index in [1.165, 1.54) is 18.4 Å². The Kier molecular flexibility index (Phi) is 2.50. The summed E-state index contributed by atoms with van der Waals surface area (Å²) in [5.41, 5.74) is 1.44.